The molecule has 1 aromatic carbocycles. The van der Waals surface area contributed by atoms with E-state index in [4.69, 9.17) is 0 Å². The summed E-state index contributed by atoms with van der Waals surface area (Å²) in [6, 6.07) is 10.5. The first-order chi connectivity index (χ1) is 10.6. The van der Waals surface area contributed by atoms with E-state index >= 15 is 0 Å². The van der Waals surface area contributed by atoms with Crippen LogP contribution in [-0.4, -0.2) is 62.2 Å². The van der Waals surface area contributed by atoms with Crippen LogP contribution in [0.2, 0.25) is 0 Å². The summed E-state index contributed by atoms with van der Waals surface area (Å²) in [4.78, 5) is 7.69. The molecule has 0 unspecified atom stereocenters. The summed E-state index contributed by atoms with van der Waals surface area (Å²) in [5.74, 6) is 0. The lowest BCUT2D eigenvalue weighted by atomic mass is 9.89. The summed E-state index contributed by atoms with van der Waals surface area (Å²) in [5, 5.41) is 0. The number of benzene rings is 1. The number of hydrogen-bond donors (Lipinski definition) is 0. The molecule has 0 aromatic heterocycles. The number of rotatable bonds is 3. The monoisotopic (exact) mass is 301 g/mol. The van der Waals surface area contributed by atoms with Crippen molar-refractivity contribution in [1.29, 1.82) is 0 Å². The summed E-state index contributed by atoms with van der Waals surface area (Å²) >= 11 is 0. The third kappa shape index (κ3) is 3.64. The number of nitrogens with zero attached hydrogens (tertiary/aromatic N) is 3. The van der Waals surface area contributed by atoms with Crippen LogP contribution in [0.4, 0.5) is 5.69 Å². The minimum absolute atomic E-state index is 0.714. The zero-order valence-electron chi connectivity index (χ0n) is 14.5. The van der Waals surface area contributed by atoms with Gasteiger partial charge in [0.25, 0.3) is 0 Å². The first-order valence-corrected chi connectivity index (χ1v) is 8.85. The van der Waals surface area contributed by atoms with Gasteiger partial charge >= 0.3 is 0 Å². The molecule has 1 saturated carbocycles. The zero-order valence-corrected chi connectivity index (χ0v) is 14.5. The molecule has 0 spiro atoms. The molecule has 0 amide bonds. The van der Waals surface area contributed by atoms with E-state index in [1.165, 1.54) is 63.1 Å². The van der Waals surface area contributed by atoms with Gasteiger partial charge in [0.05, 0.1) is 0 Å². The minimum Gasteiger partial charge on any atom is -0.372 e. The van der Waals surface area contributed by atoms with Crippen LogP contribution in [0.3, 0.4) is 0 Å². The maximum atomic E-state index is 2.74. The molecule has 0 atom stereocenters. The van der Waals surface area contributed by atoms with Crippen LogP contribution < -0.4 is 4.90 Å². The van der Waals surface area contributed by atoms with Gasteiger partial charge in [-0.25, -0.2) is 0 Å². The van der Waals surface area contributed by atoms with Gasteiger partial charge in [0.2, 0.25) is 0 Å². The van der Waals surface area contributed by atoms with Gasteiger partial charge in [-0.3, -0.25) is 4.90 Å². The summed E-state index contributed by atoms with van der Waals surface area (Å²) < 4.78 is 0. The third-order valence-corrected chi connectivity index (χ3v) is 5.71. The van der Waals surface area contributed by atoms with Gasteiger partial charge in [0.15, 0.2) is 0 Å². The van der Waals surface area contributed by atoms with Crippen LogP contribution >= 0.6 is 0 Å². The zero-order chi connectivity index (χ0) is 15.5. The van der Waals surface area contributed by atoms with Crippen LogP contribution in [0.1, 0.15) is 31.2 Å². The van der Waals surface area contributed by atoms with Gasteiger partial charge in [-0.1, -0.05) is 17.7 Å². The van der Waals surface area contributed by atoms with E-state index in [9.17, 15) is 0 Å². The van der Waals surface area contributed by atoms with Crippen LogP contribution in [0.15, 0.2) is 24.3 Å². The Balaban J connectivity index is 1.52. The fourth-order valence-corrected chi connectivity index (χ4v) is 3.99. The molecule has 3 heteroatoms. The standard InChI is InChI=1S/C19H31N3/c1-16-4-6-17(7-5-16)21(3)18-8-10-19(11-9-18)22-14-12-20(2)13-15-22/h4-7,18-19H,8-15H2,1-3H3. The Hall–Kier alpha value is -1.06. The Kier molecular flexibility index (Phi) is 5.04. The van der Waals surface area contributed by atoms with Crippen molar-refractivity contribution in [2.75, 3.05) is 45.2 Å². The highest BCUT2D eigenvalue weighted by molar-refractivity contribution is 5.47. The largest absolute Gasteiger partial charge is 0.372 e. The number of likely N-dealkylation sites (N-methyl/N-ethyl adjacent to an activating group) is 1. The lowest BCUT2D eigenvalue weighted by Crippen LogP contribution is -2.51. The fraction of sp³-hybridized carbons (Fsp3) is 0.684. The molecule has 2 aliphatic rings. The first kappa shape index (κ1) is 15.8. The van der Waals surface area contributed by atoms with Crippen molar-refractivity contribution in [2.45, 2.75) is 44.7 Å². The molecule has 122 valence electrons. The molecular weight excluding hydrogens is 270 g/mol. The molecule has 22 heavy (non-hydrogen) atoms. The van der Waals surface area contributed by atoms with Crippen LogP contribution in [0, 0.1) is 6.92 Å². The van der Waals surface area contributed by atoms with Crippen LogP contribution in [0.5, 0.6) is 0 Å². The lowest BCUT2D eigenvalue weighted by molar-refractivity contribution is 0.0879. The second-order valence-corrected chi connectivity index (χ2v) is 7.25. The highest BCUT2D eigenvalue weighted by Crippen LogP contribution is 2.29. The molecule has 0 radical (unpaired) electrons. The summed E-state index contributed by atoms with van der Waals surface area (Å²) in [5.41, 5.74) is 2.71. The van der Waals surface area contributed by atoms with Gasteiger partial charge in [-0.15, -0.1) is 0 Å². The molecule has 1 heterocycles. The van der Waals surface area contributed by atoms with Gasteiger partial charge in [0.1, 0.15) is 0 Å². The van der Waals surface area contributed by atoms with Crippen molar-refractivity contribution in [3.8, 4) is 0 Å². The second-order valence-electron chi connectivity index (χ2n) is 7.25. The quantitative estimate of drug-likeness (QED) is 0.850. The number of hydrogen-bond acceptors (Lipinski definition) is 3. The molecular formula is C19H31N3. The average Bonchev–Trinajstić information content (AvgIpc) is 2.56. The van der Waals surface area contributed by atoms with Crippen molar-refractivity contribution in [1.82, 2.24) is 9.80 Å². The lowest BCUT2D eigenvalue weighted by Gasteiger charge is -2.43. The van der Waals surface area contributed by atoms with Crippen LogP contribution in [-0.2, 0) is 0 Å². The smallest absolute Gasteiger partial charge is 0.0366 e. The highest BCUT2D eigenvalue weighted by Gasteiger charge is 2.29. The molecule has 1 saturated heterocycles. The van der Waals surface area contributed by atoms with Crippen LogP contribution in [0.25, 0.3) is 0 Å². The van der Waals surface area contributed by atoms with Gasteiger partial charge in [0, 0.05) is 51.0 Å². The van der Waals surface area contributed by atoms with E-state index in [0.29, 0.717) is 6.04 Å². The van der Waals surface area contributed by atoms with E-state index in [2.05, 4.69) is 60.0 Å². The Bertz CT molecular complexity index is 454. The maximum absolute atomic E-state index is 2.74. The van der Waals surface area contributed by atoms with E-state index in [0.717, 1.165) is 6.04 Å². The average molecular weight is 301 g/mol. The Labute approximate surface area is 135 Å². The van der Waals surface area contributed by atoms with Gasteiger partial charge in [-0.05, 0) is 51.8 Å². The summed E-state index contributed by atoms with van der Waals surface area (Å²) in [7, 11) is 4.51. The van der Waals surface area contributed by atoms with E-state index in [1.807, 2.05) is 0 Å². The Morgan fingerprint density at radius 2 is 1.50 bits per heavy atom. The summed E-state index contributed by atoms with van der Waals surface area (Å²) in [6.07, 6.45) is 5.40. The first-order valence-electron chi connectivity index (χ1n) is 8.85. The Morgan fingerprint density at radius 3 is 2.09 bits per heavy atom. The van der Waals surface area contributed by atoms with Gasteiger partial charge < -0.3 is 9.80 Å². The molecule has 0 N–H and O–H groups in total. The molecule has 1 aromatic rings. The van der Waals surface area contributed by atoms with Crippen molar-refractivity contribution < 1.29 is 0 Å². The molecule has 1 aliphatic carbocycles. The van der Waals surface area contributed by atoms with Crippen molar-refractivity contribution >= 4 is 5.69 Å². The number of anilines is 1. The molecule has 3 rings (SSSR count). The van der Waals surface area contributed by atoms with Gasteiger partial charge in [-0.2, -0.15) is 0 Å². The SMILES string of the molecule is Cc1ccc(N(C)C2CCC(N3CCN(C)CC3)CC2)cc1. The summed E-state index contributed by atoms with van der Waals surface area (Å²) in [6.45, 7) is 7.16. The predicted molar refractivity (Wildman–Crippen MR) is 94.7 cm³/mol. The van der Waals surface area contributed by atoms with Crippen molar-refractivity contribution in [3.05, 3.63) is 29.8 Å². The van der Waals surface area contributed by atoms with Crippen molar-refractivity contribution in [2.24, 2.45) is 0 Å². The van der Waals surface area contributed by atoms with E-state index in [-0.39, 0.29) is 0 Å². The van der Waals surface area contributed by atoms with E-state index < -0.39 is 0 Å². The molecule has 1 aliphatic heterocycles. The predicted octanol–water partition coefficient (Wildman–Crippen LogP) is 2.99. The third-order valence-electron chi connectivity index (χ3n) is 5.71. The van der Waals surface area contributed by atoms with Crippen molar-refractivity contribution in [3.63, 3.8) is 0 Å². The van der Waals surface area contributed by atoms with E-state index in [1.54, 1.807) is 0 Å². The molecule has 3 nitrogen and oxygen atoms in total. The number of aryl methyl sites for hydroxylation is 1. The topological polar surface area (TPSA) is 9.72 Å². The Morgan fingerprint density at radius 1 is 0.909 bits per heavy atom. The maximum Gasteiger partial charge on any atom is 0.0366 e. The highest BCUT2D eigenvalue weighted by atomic mass is 15.3. The second kappa shape index (κ2) is 7.01. The molecule has 0 bridgehead atoms. The minimum atomic E-state index is 0.714. The fourth-order valence-electron chi connectivity index (χ4n) is 3.99. The molecule has 2 fully saturated rings. The number of piperazine rings is 1. The normalized spacial score (nSPS) is 27.8.